The molecule has 1 heterocycles. The fourth-order valence-electron chi connectivity index (χ4n) is 4.14. The lowest BCUT2D eigenvalue weighted by Gasteiger charge is -2.07. The van der Waals surface area contributed by atoms with E-state index in [4.69, 9.17) is 0 Å². The second-order valence-corrected chi connectivity index (χ2v) is 13.1. The van der Waals surface area contributed by atoms with Crippen LogP contribution in [0.3, 0.4) is 0 Å². The number of carbonyl (C=O) groups is 2. The lowest BCUT2D eigenvalue weighted by Crippen LogP contribution is -2.31. The van der Waals surface area contributed by atoms with Crippen LogP contribution in [0.1, 0.15) is 16.7 Å². The molecule has 0 atom stereocenters. The lowest BCUT2D eigenvalue weighted by molar-refractivity contribution is -0.118. The fraction of sp³-hybridized carbons (Fsp3) is 0.0938. The quantitative estimate of drug-likeness (QED) is 0.178. The highest BCUT2D eigenvalue weighted by Crippen LogP contribution is 2.29. The molecule has 1 fully saturated rings. The summed E-state index contributed by atoms with van der Waals surface area (Å²) in [7, 11) is -3.94. The average molecular weight is 614 g/mol. The Morgan fingerprint density at radius 3 is 2.14 bits per heavy atom. The zero-order chi connectivity index (χ0) is 29.7. The zero-order valence-electron chi connectivity index (χ0n) is 22.8. The van der Waals surface area contributed by atoms with Gasteiger partial charge in [0.1, 0.15) is 0 Å². The molecule has 0 unspecified atom stereocenters. The Morgan fingerprint density at radius 1 is 0.905 bits per heavy atom. The Labute approximate surface area is 253 Å². The van der Waals surface area contributed by atoms with Crippen molar-refractivity contribution in [1.82, 2.24) is 10.0 Å². The number of nitrogens with zero attached hydrogens (tertiary/aromatic N) is 1. The standard InChI is InChI=1S/C32H27N3O4S3/c1-21-3-17-28(18-4-21)42(38,39)35-30(36)20-23-7-13-26(14-8-23)33-32-34-31(37)29(41-32)19-22-5-9-24(10-6-22)25-11-15-27(40-2)16-12-25/h3-19H,20H2,1-2H3,(H,35,36)(H,33,34,37)/b29-19+. The van der Waals surface area contributed by atoms with Crippen LogP contribution in [0, 0.1) is 6.92 Å². The van der Waals surface area contributed by atoms with Crippen molar-refractivity contribution in [2.24, 2.45) is 4.99 Å². The molecule has 0 aromatic heterocycles. The van der Waals surface area contributed by atoms with Crippen LogP contribution >= 0.6 is 23.5 Å². The molecule has 0 spiro atoms. The SMILES string of the molecule is CSc1ccc(-c2ccc(/C=C3/SC(=Nc4ccc(CC(=O)NS(=O)(=O)c5ccc(C)cc5)cc4)NC3=O)cc2)cc1. The number of hydrogen-bond donors (Lipinski definition) is 2. The number of rotatable bonds is 8. The van der Waals surface area contributed by atoms with Gasteiger partial charge in [0.25, 0.3) is 15.9 Å². The number of nitrogens with one attached hydrogen (secondary N) is 2. The van der Waals surface area contributed by atoms with E-state index in [2.05, 4.69) is 45.6 Å². The first-order chi connectivity index (χ1) is 20.2. The van der Waals surface area contributed by atoms with Crippen LogP contribution in [0.2, 0.25) is 0 Å². The molecule has 42 heavy (non-hydrogen) atoms. The third-order valence-corrected chi connectivity index (χ3v) is 9.44. The highest BCUT2D eigenvalue weighted by molar-refractivity contribution is 8.18. The summed E-state index contributed by atoms with van der Waals surface area (Å²) in [4.78, 5) is 31.2. The maximum atomic E-state index is 12.6. The van der Waals surface area contributed by atoms with Crippen LogP contribution in [-0.4, -0.2) is 31.7 Å². The molecule has 0 aliphatic carbocycles. The highest BCUT2D eigenvalue weighted by Gasteiger charge is 2.24. The van der Waals surface area contributed by atoms with Gasteiger partial charge in [-0.05, 0) is 89.7 Å². The van der Waals surface area contributed by atoms with Gasteiger partial charge in [-0.15, -0.1) is 11.8 Å². The second-order valence-electron chi connectivity index (χ2n) is 9.52. The van der Waals surface area contributed by atoms with E-state index in [1.54, 1.807) is 48.2 Å². The van der Waals surface area contributed by atoms with Crippen LogP contribution in [0.5, 0.6) is 0 Å². The van der Waals surface area contributed by atoms with Crippen molar-refractivity contribution < 1.29 is 18.0 Å². The van der Waals surface area contributed by atoms with E-state index < -0.39 is 15.9 Å². The largest absolute Gasteiger partial charge is 0.300 e. The first-order valence-electron chi connectivity index (χ1n) is 12.9. The van der Waals surface area contributed by atoms with Crippen molar-refractivity contribution in [3.63, 3.8) is 0 Å². The molecular formula is C32H27N3O4S3. The Hall–Kier alpha value is -4.12. The van der Waals surface area contributed by atoms with Crippen LogP contribution < -0.4 is 10.0 Å². The molecule has 2 amide bonds. The number of amidine groups is 1. The first kappa shape index (κ1) is 29.4. The smallest absolute Gasteiger partial charge is 0.264 e. The number of carbonyl (C=O) groups excluding carboxylic acids is 2. The van der Waals surface area contributed by atoms with Crippen molar-refractivity contribution in [3.05, 3.63) is 119 Å². The minimum atomic E-state index is -3.94. The van der Waals surface area contributed by atoms with E-state index in [1.165, 1.54) is 28.8 Å². The van der Waals surface area contributed by atoms with Gasteiger partial charge in [-0.3, -0.25) is 9.59 Å². The molecule has 2 N–H and O–H groups in total. The zero-order valence-corrected chi connectivity index (χ0v) is 25.3. The fourth-order valence-corrected chi connectivity index (χ4v) is 6.37. The Morgan fingerprint density at radius 2 is 1.52 bits per heavy atom. The maximum absolute atomic E-state index is 12.6. The van der Waals surface area contributed by atoms with Crippen molar-refractivity contribution in [2.75, 3.05) is 6.26 Å². The molecule has 212 valence electrons. The molecule has 4 aromatic rings. The molecule has 0 bridgehead atoms. The number of aliphatic imine (C=N–C) groups is 1. The molecular weight excluding hydrogens is 587 g/mol. The predicted octanol–water partition coefficient (Wildman–Crippen LogP) is 6.32. The summed E-state index contributed by atoms with van der Waals surface area (Å²) in [5.41, 5.74) is 5.28. The van der Waals surface area contributed by atoms with Crippen molar-refractivity contribution in [3.8, 4) is 11.1 Å². The second kappa shape index (κ2) is 12.8. The predicted molar refractivity (Wildman–Crippen MR) is 171 cm³/mol. The number of aryl methyl sites for hydroxylation is 1. The van der Waals surface area contributed by atoms with E-state index in [0.29, 0.717) is 21.3 Å². The van der Waals surface area contributed by atoms with Crippen LogP contribution in [0.15, 0.2) is 117 Å². The van der Waals surface area contributed by atoms with Gasteiger partial charge >= 0.3 is 0 Å². The Kier molecular flexibility index (Phi) is 8.96. The molecule has 1 aliphatic rings. The average Bonchev–Trinajstić information content (AvgIpc) is 3.32. The summed E-state index contributed by atoms with van der Waals surface area (Å²) in [6.45, 7) is 1.85. The normalized spacial score (nSPS) is 15.1. The van der Waals surface area contributed by atoms with Crippen LogP contribution in [0.4, 0.5) is 5.69 Å². The van der Waals surface area contributed by atoms with Crippen LogP contribution in [-0.2, 0) is 26.0 Å². The van der Waals surface area contributed by atoms with Crippen molar-refractivity contribution in [1.29, 1.82) is 0 Å². The molecule has 1 saturated heterocycles. The molecule has 5 rings (SSSR count). The summed E-state index contributed by atoms with van der Waals surface area (Å²) < 4.78 is 27.0. The number of amides is 2. The van der Waals surface area contributed by atoms with Gasteiger partial charge in [0.15, 0.2) is 5.17 Å². The number of hydrogen-bond acceptors (Lipinski definition) is 7. The molecule has 0 radical (unpaired) electrons. The van der Waals surface area contributed by atoms with E-state index in [0.717, 1.165) is 22.3 Å². The molecule has 1 aliphatic heterocycles. The van der Waals surface area contributed by atoms with E-state index in [-0.39, 0.29) is 17.2 Å². The highest BCUT2D eigenvalue weighted by atomic mass is 32.2. The third kappa shape index (κ3) is 7.39. The van der Waals surface area contributed by atoms with E-state index in [9.17, 15) is 18.0 Å². The maximum Gasteiger partial charge on any atom is 0.264 e. The van der Waals surface area contributed by atoms with Gasteiger partial charge in [-0.2, -0.15) is 0 Å². The first-order valence-corrected chi connectivity index (χ1v) is 16.5. The van der Waals surface area contributed by atoms with E-state index >= 15 is 0 Å². The number of sulfonamides is 1. The molecule has 4 aromatic carbocycles. The summed E-state index contributed by atoms with van der Waals surface area (Å²) in [5, 5.41) is 3.24. The summed E-state index contributed by atoms with van der Waals surface area (Å²) in [6, 6.07) is 29.5. The third-order valence-electron chi connectivity index (χ3n) is 6.39. The topological polar surface area (TPSA) is 105 Å². The van der Waals surface area contributed by atoms with Gasteiger partial charge in [0.2, 0.25) is 5.91 Å². The summed E-state index contributed by atoms with van der Waals surface area (Å²) >= 11 is 2.96. The number of thioether (sulfide) groups is 2. The van der Waals surface area contributed by atoms with Gasteiger partial charge in [0.05, 0.1) is 21.9 Å². The minimum absolute atomic E-state index is 0.0335. The van der Waals surface area contributed by atoms with Gasteiger partial charge < -0.3 is 5.32 Å². The Bertz CT molecular complexity index is 1780. The van der Waals surface area contributed by atoms with Crippen molar-refractivity contribution >= 4 is 62.3 Å². The molecule has 10 heteroatoms. The van der Waals surface area contributed by atoms with Gasteiger partial charge in [-0.1, -0.05) is 66.2 Å². The lowest BCUT2D eigenvalue weighted by atomic mass is 10.0. The van der Waals surface area contributed by atoms with E-state index in [1.807, 2.05) is 37.3 Å². The summed E-state index contributed by atoms with van der Waals surface area (Å²) in [5.74, 6) is -0.858. The molecule has 7 nitrogen and oxygen atoms in total. The monoisotopic (exact) mass is 613 g/mol. The van der Waals surface area contributed by atoms with Gasteiger partial charge in [-0.25, -0.2) is 18.1 Å². The Balaban J connectivity index is 1.19. The molecule has 0 saturated carbocycles. The van der Waals surface area contributed by atoms with Crippen LogP contribution in [0.25, 0.3) is 17.2 Å². The van der Waals surface area contributed by atoms with Crippen molar-refractivity contribution in [2.45, 2.75) is 23.1 Å². The van der Waals surface area contributed by atoms with Gasteiger partial charge in [0, 0.05) is 4.90 Å². The number of benzene rings is 4. The minimum Gasteiger partial charge on any atom is -0.300 e. The summed E-state index contributed by atoms with van der Waals surface area (Å²) in [6.07, 6.45) is 3.77.